The first-order chi connectivity index (χ1) is 4.22. The van der Waals surface area contributed by atoms with Gasteiger partial charge in [0.1, 0.15) is 0 Å². The summed E-state index contributed by atoms with van der Waals surface area (Å²) in [7, 11) is 0. The molecule has 1 fully saturated rings. The topological polar surface area (TPSA) is 72.3 Å². The maximum Gasteiger partial charge on any atom is 0.0841 e. The monoisotopic (exact) mass is 130 g/mol. The molecule has 1 aliphatic rings. The molecule has 0 aromatic carbocycles. The van der Waals surface area contributed by atoms with Crippen LogP contribution in [-0.2, 0) is 0 Å². The molecule has 1 unspecified atom stereocenters. The molecular weight excluding hydrogens is 116 g/mol. The van der Waals surface area contributed by atoms with Gasteiger partial charge in [-0.05, 0) is 12.8 Å². The molecule has 0 aromatic heterocycles. The molecule has 0 aliphatic heterocycles. The predicted molar refractivity (Wildman–Crippen MR) is 35.8 cm³/mol. The summed E-state index contributed by atoms with van der Waals surface area (Å²) in [5, 5.41) is 9.20. The Hall–Kier alpha value is -0.120. The van der Waals surface area contributed by atoms with Gasteiger partial charge >= 0.3 is 0 Å². The first-order valence-corrected chi connectivity index (χ1v) is 3.41. The first kappa shape index (κ1) is 6.99. The zero-order chi connectivity index (χ0) is 6.85. The minimum atomic E-state index is -0.473. The van der Waals surface area contributed by atoms with Crippen molar-refractivity contribution in [1.82, 2.24) is 0 Å². The fourth-order valence-corrected chi connectivity index (χ4v) is 1.25. The molecule has 0 amide bonds. The van der Waals surface area contributed by atoms with Gasteiger partial charge in [0.15, 0.2) is 0 Å². The number of hydrogen-bond donors (Lipinski definition) is 3. The van der Waals surface area contributed by atoms with E-state index in [9.17, 15) is 5.11 Å². The minimum absolute atomic E-state index is 0.0891. The van der Waals surface area contributed by atoms with Gasteiger partial charge in [0.2, 0.25) is 0 Å². The average molecular weight is 130 g/mol. The third-order valence-corrected chi connectivity index (χ3v) is 1.95. The molecule has 0 saturated heterocycles. The second-order valence-electron chi connectivity index (χ2n) is 2.75. The standard InChI is InChI=1S/C6H14N2O/c7-4-2-1-3-5(8)6(4)9/h4-6,9H,1-3,7-8H2/t4-,5+,6?. The molecule has 9 heavy (non-hydrogen) atoms. The van der Waals surface area contributed by atoms with Crippen LogP contribution in [0.5, 0.6) is 0 Å². The Kier molecular flexibility index (Phi) is 2.05. The number of aliphatic hydroxyl groups excluding tert-OH is 1. The highest BCUT2D eigenvalue weighted by Crippen LogP contribution is 2.15. The molecule has 5 N–H and O–H groups in total. The zero-order valence-electron chi connectivity index (χ0n) is 5.46. The lowest BCUT2D eigenvalue weighted by Gasteiger charge is -2.29. The largest absolute Gasteiger partial charge is 0.390 e. The Morgan fingerprint density at radius 3 is 1.89 bits per heavy atom. The van der Waals surface area contributed by atoms with Crippen molar-refractivity contribution in [2.45, 2.75) is 37.5 Å². The summed E-state index contributed by atoms with van der Waals surface area (Å²) in [5.41, 5.74) is 11.1. The van der Waals surface area contributed by atoms with Crippen molar-refractivity contribution in [3.63, 3.8) is 0 Å². The summed E-state index contributed by atoms with van der Waals surface area (Å²) in [6, 6.07) is -0.178. The summed E-state index contributed by atoms with van der Waals surface area (Å²) in [6.45, 7) is 0. The van der Waals surface area contributed by atoms with Crippen molar-refractivity contribution in [1.29, 1.82) is 0 Å². The number of rotatable bonds is 0. The third kappa shape index (κ3) is 1.41. The van der Waals surface area contributed by atoms with Gasteiger partial charge in [0, 0.05) is 12.1 Å². The van der Waals surface area contributed by atoms with Crippen LogP contribution >= 0.6 is 0 Å². The summed E-state index contributed by atoms with van der Waals surface area (Å²) < 4.78 is 0. The zero-order valence-corrected chi connectivity index (χ0v) is 5.46. The van der Waals surface area contributed by atoms with Crippen LogP contribution in [0.2, 0.25) is 0 Å². The van der Waals surface area contributed by atoms with E-state index in [1.165, 1.54) is 0 Å². The average Bonchev–Trinajstić information content (AvgIpc) is 1.83. The van der Waals surface area contributed by atoms with Crippen molar-refractivity contribution >= 4 is 0 Å². The first-order valence-electron chi connectivity index (χ1n) is 3.41. The summed E-state index contributed by atoms with van der Waals surface area (Å²) >= 11 is 0. The van der Waals surface area contributed by atoms with E-state index in [-0.39, 0.29) is 12.1 Å². The quantitative estimate of drug-likeness (QED) is 0.401. The van der Waals surface area contributed by atoms with Crippen molar-refractivity contribution in [3.05, 3.63) is 0 Å². The van der Waals surface area contributed by atoms with E-state index in [2.05, 4.69) is 0 Å². The summed E-state index contributed by atoms with van der Waals surface area (Å²) in [6.07, 6.45) is 2.40. The predicted octanol–water partition coefficient (Wildman–Crippen LogP) is -0.814. The Labute approximate surface area is 55.0 Å². The van der Waals surface area contributed by atoms with Gasteiger partial charge in [-0.25, -0.2) is 0 Å². The van der Waals surface area contributed by atoms with Crippen LogP contribution in [0.4, 0.5) is 0 Å². The van der Waals surface area contributed by atoms with Gasteiger partial charge in [-0.3, -0.25) is 0 Å². The van der Waals surface area contributed by atoms with Gasteiger partial charge in [0.05, 0.1) is 6.10 Å². The summed E-state index contributed by atoms with van der Waals surface area (Å²) in [5.74, 6) is 0. The Bertz CT molecular complexity index is 87.1. The highest BCUT2D eigenvalue weighted by atomic mass is 16.3. The van der Waals surface area contributed by atoms with Crippen LogP contribution in [0.1, 0.15) is 19.3 Å². The van der Waals surface area contributed by atoms with Gasteiger partial charge in [-0.1, -0.05) is 6.42 Å². The molecule has 3 atom stereocenters. The molecule has 54 valence electrons. The van der Waals surface area contributed by atoms with E-state index in [0.717, 1.165) is 19.3 Å². The molecule has 3 nitrogen and oxygen atoms in total. The molecular formula is C6H14N2O. The molecule has 0 aromatic rings. The summed E-state index contributed by atoms with van der Waals surface area (Å²) in [4.78, 5) is 0. The number of aliphatic hydroxyl groups is 1. The molecule has 1 rings (SSSR count). The van der Waals surface area contributed by atoms with Crippen LogP contribution in [0.3, 0.4) is 0 Å². The SMILES string of the molecule is N[C@@H]1CCC[C@H](N)C1O. The van der Waals surface area contributed by atoms with Crippen LogP contribution in [-0.4, -0.2) is 23.3 Å². The molecule has 1 aliphatic carbocycles. The maximum absolute atomic E-state index is 9.20. The highest BCUT2D eigenvalue weighted by Gasteiger charge is 2.25. The van der Waals surface area contributed by atoms with E-state index in [4.69, 9.17) is 11.5 Å². The number of nitrogens with two attached hydrogens (primary N) is 2. The van der Waals surface area contributed by atoms with Crippen LogP contribution in [0, 0.1) is 0 Å². The van der Waals surface area contributed by atoms with E-state index in [0.29, 0.717) is 0 Å². The second kappa shape index (κ2) is 2.64. The van der Waals surface area contributed by atoms with E-state index in [1.807, 2.05) is 0 Å². The van der Waals surface area contributed by atoms with Gasteiger partial charge in [-0.2, -0.15) is 0 Å². The fraction of sp³-hybridized carbons (Fsp3) is 1.00. The Morgan fingerprint density at radius 2 is 1.56 bits per heavy atom. The van der Waals surface area contributed by atoms with Crippen LogP contribution in [0.15, 0.2) is 0 Å². The molecule has 0 spiro atoms. The van der Waals surface area contributed by atoms with E-state index < -0.39 is 6.10 Å². The van der Waals surface area contributed by atoms with E-state index in [1.54, 1.807) is 0 Å². The van der Waals surface area contributed by atoms with Gasteiger partial charge < -0.3 is 16.6 Å². The van der Waals surface area contributed by atoms with Gasteiger partial charge in [-0.15, -0.1) is 0 Å². The molecule has 0 heterocycles. The fourth-order valence-electron chi connectivity index (χ4n) is 1.25. The minimum Gasteiger partial charge on any atom is -0.390 e. The van der Waals surface area contributed by atoms with Crippen molar-refractivity contribution in [2.75, 3.05) is 0 Å². The highest BCUT2D eigenvalue weighted by molar-refractivity contribution is 4.86. The molecule has 3 heteroatoms. The lowest BCUT2D eigenvalue weighted by molar-refractivity contribution is 0.0879. The maximum atomic E-state index is 9.20. The van der Waals surface area contributed by atoms with Crippen LogP contribution < -0.4 is 11.5 Å². The van der Waals surface area contributed by atoms with Crippen molar-refractivity contribution < 1.29 is 5.11 Å². The van der Waals surface area contributed by atoms with Crippen molar-refractivity contribution in [2.24, 2.45) is 11.5 Å². The number of hydrogen-bond acceptors (Lipinski definition) is 3. The Balaban J connectivity index is 2.41. The lowest BCUT2D eigenvalue weighted by atomic mass is 9.89. The Morgan fingerprint density at radius 1 is 1.11 bits per heavy atom. The molecule has 1 saturated carbocycles. The van der Waals surface area contributed by atoms with Crippen molar-refractivity contribution in [3.8, 4) is 0 Å². The lowest BCUT2D eigenvalue weighted by Crippen LogP contribution is -2.50. The third-order valence-electron chi connectivity index (χ3n) is 1.95. The smallest absolute Gasteiger partial charge is 0.0841 e. The normalized spacial score (nSPS) is 45.0. The van der Waals surface area contributed by atoms with Crippen LogP contribution in [0.25, 0.3) is 0 Å². The second-order valence-corrected chi connectivity index (χ2v) is 2.75. The van der Waals surface area contributed by atoms with Gasteiger partial charge in [0.25, 0.3) is 0 Å². The molecule has 0 radical (unpaired) electrons. The van der Waals surface area contributed by atoms with E-state index >= 15 is 0 Å². The molecule has 0 bridgehead atoms.